The second-order valence-corrected chi connectivity index (χ2v) is 23.3. The number of ether oxygens (including phenoxy) is 2. The summed E-state index contributed by atoms with van der Waals surface area (Å²) in [6.45, 7) is 14.5. The SMILES string of the molecule is CCCCCCCCC(CCCCCCCC)([S][Sn][S]CC(=O)OCC(CC)CCCC)C(=O)OCC(CC)CCCC. The first-order valence-corrected chi connectivity index (χ1v) is 27.1. The molecule has 0 aromatic heterocycles. The molecule has 0 spiro atoms. The summed E-state index contributed by atoms with van der Waals surface area (Å²) in [4.78, 5) is 26.6. The standard InChI is InChI=1S/C26H52O2S.C10H20O2S.Sn/c1-5-9-12-14-16-18-21-26(29,22-19-17-15-13-10-6-2)25(27)28-23-24(8-4)20-11-7-3;1-3-5-6-9(4-2)7-12-10(11)8-13;/h24,29H,5-23H2,1-4H3;9,13H,3-8H2,1-2H3;/q;;+2/p-2. The Morgan fingerprint density at radius 1 is 0.605 bits per heavy atom. The summed E-state index contributed by atoms with van der Waals surface area (Å²) < 4.78 is 11.4. The minimum atomic E-state index is -1.08. The summed E-state index contributed by atoms with van der Waals surface area (Å²) in [5, 5.41) is 0. The van der Waals surface area contributed by atoms with E-state index in [1.54, 1.807) is 8.95 Å². The van der Waals surface area contributed by atoms with Crippen molar-refractivity contribution in [3.05, 3.63) is 0 Å². The van der Waals surface area contributed by atoms with Gasteiger partial charge in [0.05, 0.1) is 0 Å². The minimum absolute atomic E-state index is 0.0420. The maximum absolute atomic E-state index is 14.0. The normalized spacial score (nSPS) is 13.2. The van der Waals surface area contributed by atoms with Crippen LogP contribution in [0.15, 0.2) is 0 Å². The zero-order valence-corrected chi connectivity index (χ0v) is 33.8. The summed E-state index contributed by atoms with van der Waals surface area (Å²) in [5.41, 5.74) is 0. The van der Waals surface area contributed by atoms with Crippen LogP contribution in [0.4, 0.5) is 0 Å². The Labute approximate surface area is 284 Å². The number of esters is 2. The van der Waals surface area contributed by atoms with Crippen LogP contribution in [0.5, 0.6) is 0 Å². The average Bonchev–Trinajstić information content (AvgIpc) is 3.02. The zero-order valence-electron chi connectivity index (χ0n) is 29.3. The first kappa shape index (κ1) is 43.4. The molecule has 0 N–H and O–H groups in total. The van der Waals surface area contributed by atoms with Crippen molar-refractivity contribution in [3.8, 4) is 0 Å². The average molecular weight is 750 g/mol. The van der Waals surface area contributed by atoms with Gasteiger partial charge in [-0.3, -0.25) is 0 Å². The number of hydrogen-bond donors (Lipinski definition) is 0. The third-order valence-electron chi connectivity index (χ3n) is 8.74. The van der Waals surface area contributed by atoms with Gasteiger partial charge in [-0.05, 0) is 0 Å². The molecule has 0 rings (SSSR count). The number of carbonyl (C=O) groups excluding carboxylic acids is 2. The molecule has 0 bridgehead atoms. The van der Waals surface area contributed by atoms with Gasteiger partial charge in [0.1, 0.15) is 0 Å². The van der Waals surface area contributed by atoms with Gasteiger partial charge in [-0.25, -0.2) is 0 Å². The van der Waals surface area contributed by atoms with Crippen LogP contribution in [0.25, 0.3) is 0 Å². The Bertz CT molecular complexity index is 633. The van der Waals surface area contributed by atoms with Crippen molar-refractivity contribution in [2.75, 3.05) is 19.0 Å². The van der Waals surface area contributed by atoms with Gasteiger partial charge in [0, 0.05) is 0 Å². The van der Waals surface area contributed by atoms with Crippen molar-refractivity contribution in [2.45, 2.75) is 188 Å². The molecule has 0 aliphatic carbocycles. The predicted octanol–water partition coefficient (Wildman–Crippen LogP) is 11.7. The van der Waals surface area contributed by atoms with Crippen molar-refractivity contribution >= 4 is 48.2 Å². The van der Waals surface area contributed by atoms with Gasteiger partial charge >= 0.3 is 286 Å². The molecule has 0 aromatic rings. The van der Waals surface area contributed by atoms with Crippen molar-refractivity contribution in [3.63, 3.8) is 0 Å². The van der Waals surface area contributed by atoms with Crippen molar-refractivity contribution in [1.82, 2.24) is 0 Å². The van der Waals surface area contributed by atoms with E-state index in [0.717, 1.165) is 51.4 Å². The van der Waals surface area contributed by atoms with Crippen LogP contribution in [-0.2, 0) is 19.1 Å². The summed E-state index contributed by atoms with van der Waals surface area (Å²) in [6, 6.07) is 0. The van der Waals surface area contributed by atoms with Crippen molar-refractivity contribution in [2.24, 2.45) is 11.8 Å². The fourth-order valence-electron chi connectivity index (χ4n) is 5.43. The van der Waals surface area contributed by atoms with E-state index in [1.165, 1.54) is 89.9 Å². The fourth-order valence-corrected chi connectivity index (χ4v) is 18.0. The molecule has 4 nitrogen and oxygen atoms in total. The molecular weight excluding hydrogens is 679 g/mol. The van der Waals surface area contributed by atoms with E-state index in [2.05, 4.69) is 41.5 Å². The third kappa shape index (κ3) is 23.4. The molecule has 0 aliphatic heterocycles. The van der Waals surface area contributed by atoms with Gasteiger partial charge in [-0.2, -0.15) is 0 Å². The molecule has 0 saturated heterocycles. The molecule has 0 saturated carbocycles. The van der Waals surface area contributed by atoms with Crippen LogP contribution in [-0.4, -0.2) is 54.0 Å². The summed E-state index contributed by atoms with van der Waals surface area (Å²) in [5.74, 6) is 1.33. The van der Waals surface area contributed by atoms with Crippen LogP contribution < -0.4 is 0 Å². The number of hydrogen-bond acceptors (Lipinski definition) is 6. The predicted molar refractivity (Wildman–Crippen MR) is 193 cm³/mol. The Morgan fingerprint density at radius 2 is 1.05 bits per heavy atom. The van der Waals surface area contributed by atoms with Gasteiger partial charge in [0.15, 0.2) is 0 Å². The Balaban J connectivity index is 5.36. The van der Waals surface area contributed by atoms with Gasteiger partial charge in [0.25, 0.3) is 0 Å². The fraction of sp³-hybridized carbons (Fsp3) is 0.944. The molecule has 2 atom stereocenters. The summed E-state index contributed by atoms with van der Waals surface area (Å²) in [7, 11) is 3.70. The molecule has 0 heterocycles. The number of unbranched alkanes of at least 4 members (excludes halogenated alkanes) is 12. The van der Waals surface area contributed by atoms with E-state index < -0.39 is 23.1 Å². The molecular formula is C36H70O4S2Sn. The summed E-state index contributed by atoms with van der Waals surface area (Å²) >= 11 is -1.08. The summed E-state index contributed by atoms with van der Waals surface area (Å²) in [6.07, 6.45) is 25.8. The van der Waals surface area contributed by atoms with Crippen LogP contribution in [0.2, 0.25) is 0 Å². The molecule has 2 radical (unpaired) electrons. The van der Waals surface area contributed by atoms with E-state index in [1.807, 2.05) is 8.95 Å². The quantitative estimate of drug-likeness (QED) is 0.0388. The van der Waals surface area contributed by atoms with Crippen LogP contribution in [0.3, 0.4) is 0 Å². The number of rotatable bonds is 32. The van der Waals surface area contributed by atoms with Crippen molar-refractivity contribution < 1.29 is 19.1 Å². The van der Waals surface area contributed by atoms with Gasteiger partial charge in [-0.1, -0.05) is 0 Å². The molecule has 0 aromatic carbocycles. The molecule has 0 aliphatic rings. The van der Waals surface area contributed by atoms with Crippen LogP contribution in [0.1, 0.15) is 183 Å². The van der Waals surface area contributed by atoms with Gasteiger partial charge in [-0.15, -0.1) is 0 Å². The van der Waals surface area contributed by atoms with Crippen molar-refractivity contribution in [1.29, 1.82) is 0 Å². The molecule has 2 unspecified atom stereocenters. The Morgan fingerprint density at radius 3 is 1.51 bits per heavy atom. The van der Waals surface area contributed by atoms with E-state index >= 15 is 0 Å². The molecule has 254 valence electrons. The van der Waals surface area contributed by atoms with E-state index in [9.17, 15) is 9.59 Å². The van der Waals surface area contributed by atoms with E-state index in [0.29, 0.717) is 30.8 Å². The Hall–Kier alpha value is 0.439. The van der Waals surface area contributed by atoms with Gasteiger partial charge < -0.3 is 0 Å². The van der Waals surface area contributed by atoms with Crippen LogP contribution in [0, 0.1) is 11.8 Å². The zero-order chi connectivity index (χ0) is 32.0. The second-order valence-electron chi connectivity index (χ2n) is 12.6. The van der Waals surface area contributed by atoms with Gasteiger partial charge in [0.2, 0.25) is 0 Å². The number of carbonyl (C=O) groups is 2. The Kier molecular flexibility index (Phi) is 31.4. The molecule has 0 amide bonds. The molecule has 0 fully saturated rings. The van der Waals surface area contributed by atoms with E-state index in [-0.39, 0.29) is 11.9 Å². The van der Waals surface area contributed by atoms with Crippen LogP contribution >= 0.6 is 17.9 Å². The maximum atomic E-state index is 14.0. The topological polar surface area (TPSA) is 52.6 Å². The molecule has 43 heavy (non-hydrogen) atoms. The third-order valence-corrected chi connectivity index (χ3v) is 20.6. The van der Waals surface area contributed by atoms with E-state index in [4.69, 9.17) is 9.47 Å². The molecule has 7 heteroatoms. The second kappa shape index (κ2) is 31.1. The first-order chi connectivity index (χ1) is 20.9. The monoisotopic (exact) mass is 750 g/mol. The first-order valence-electron chi connectivity index (χ1n) is 18.3.